The van der Waals surface area contributed by atoms with Crippen LogP contribution in [-0.4, -0.2) is 35.4 Å². The van der Waals surface area contributed by atoms with Gasteiger partial charge in [-0.1, -0.05) is 101 Å². The van der Waals surface area contributed by atoms with Gasteiger partial charge in [-0.25, -0.2) is 0 Å². The molecule has 3 aromatic rings. The van der Waals surface area contributed by atoms with E-state index in [1.54, 1.807) is 23.1 Å². The number of carbonyl (C=O) groups excluding carboxylic acids is 2. The Morgan fingerprint density at radius 1 is 0.947 bits per heavy atom. The van der Waals surface area contributed by atoms with Gasteiger partial charge in [-0.15, -0.1) is 0 Å². The third-order valence-corrected chi connectivity index (χ3v) is 7.79. The van der Waals surface area contributed by atoms with Crippen LogP contribution in [0.4, 0.5) is 0 Å². The van der Waals surface area contributed by atoms with E-state index < -0.39 is 6.04 Å². The van der Waals surface area contributed by atoms with E-state index in [4.69, 9.17) is 27.9 Å². The molecule has 1 saturated carbocycles. The average molecular weight is 618 g/mol. The van der Waals surface area contributed by atoms with Gasteiger partial charge in [0.25, 0.3) is 5.91 Å². The van der Waals surface area contributed by atoms with Gasteiger partial charge in [-0.2, -0.15) is 0 Å². The molecule has 200 valence electrons. The highest BCUT2D eigenvalue weighted by Crippen LogP contribution is 2.28. The number of halogens is 3. The number of hydrogen-bond acceptors (Lipinski definition) is 3. The van der Waals surface area contributed by atoms with Crippen molar-refractivity contribution < 1.29 is 14.3 Å². The fourth-order valence-corrected chi connectivity index (χ4v) is 5.43. The molecule has 4 rings (SSSR count). The molecule has 0 aliphatic heterocycles. The van der Waals surface area contributed by atoms with E-state index in [-0.39, 0.29) is 31.0 Å². The van der Waals surface area contributed by atoms with Gasteiger partial charge in [0, 0.05) is 28.5 Å². The lowest BCUT2D eigenvalue weighted by molar-refractivity contribution is -0.143. The standard InChI is InChI=1S/C30H31BrCl2N2O3/c31-23-13-11-22(12-14-23)19-35(29(36)20-38-28-16-15-24(32)18-26(28)33)27(17-21-7-3-1-4-8-21)30(37)34-25-9-5-2-6-10-25/h1,3-4,7-8,11-16,18,25,27H,2,5-6,9-10,17,19-20H2,(H,34,37)/t27-/m1/s1. The molecule has 0 bridgehead atoms. The van der Waals surface area contributed by atoms with Crippen LogP contribution in [0.5, 0.6) is 5.75 Å². The van der Waals surface area contributed by atoms with Crippen LogP contribution < -0.4 is 10.1 Å². The second kappa shape index (κ2) is 14.0. The first kappa shape index (κ1) is 28.5. The smallest absolute Gasteiger partial charge is 0.261 e. The van der Waals surface area contributed by atoms with Crippen molar-refractivity contribution in [1.82, 2.24) is 10.2 Å². The maximum atomic E-state index is 13.8. The van der Waals surface area contributed by atoms with E-state index in [2.05, 4.69) is 21.2 Å². The molecule has 1 aliphatic rings. The summed E-state index contributed by atoms with van der Waals surface area (Å²) in [5.74, 6) is -0.0892. The quantitative estimate of drug-likeness (QED) is 0.261. The van der Waals surface area contributed by atoms with Crippen LogP contribution in [0.15, 0.2) is 77.3 Å². The molecule has 5 nitrogen and oxygen atoms in total. The molecular weight excluding hydrogens is 587 g/mol. The van der Waals surface area contributed by atoms with Gasteiger partial charge in [0.15, 0.2) is 6.61 Å². The van der Waals surface area contributed by atoms with Gasteiger partial charge < -0.3 is 15.0 Å². The number of amides is 2. The Kier molecular flexibility index (Phi) is 10.5. The van der Waals surface area contributed by atoms with Crippen molar-refractivity contribution in [3.05, 3.63) is 98.4 Å². The van der Waals surface area contributed by atoms with Crippen LogP contribution in [0.25, 0.3) is 0 Å². The van der Waals surface area contributed by atoms with Crippen molar-refractivity contribution in [2.75, 3.05) is 6.61 Å². The zero-order valence-electron chi connectivity index (χ0n) is 21.0. The van der Waals surface area contributed by atoms with E-state index in [1.165, 1.54) is 6.42 Å². The lowest BCUT2D eigenvalue weighted by atomic mass is 9.94. The summed E-state index contributed by atoms with van der Waals surface area (Å²) in [6.45, 7) is -0.000705. The van der Waals surface area contributed by atoms with E-state index in [9.17, 15) is 9.59 Å². The summed E-state index contributed by atoms with van der Waals surface area (Å²) in [7, 11) is 0. The lowest BCUT2D eigenvalue weighted by Crippen LogP contribution is -2.53. The Balaban J connectivity index is 1.61. The predicted octanol–water partition coefficient (Wildman–Crippen LogP) is 7.22. The lowest BCUT2D eigenvalue weighted by Gasteiger charge is -2.33. The summed E-state index contributed by atoms with van der Waals surface area (Å²) in [5, 5.41) is 4.04. The third kappa shape index (κ3) is 8.23. The Bertz CT molecular complexity index is 1220. The summed E-state index contributed by atoms with van der Waals surface area (Å²) in [6.07, 6.45) is 5.71. The summed E-state index contributed by atoms with van der Waals surface area (Å²) in [5.41, 5.74) is 1.89. The number of hydrogen-bond donors (Lipinski definition) is 1. The van der Waals surface area contributed by atoms with E-state index >= 15 is 0 Å². The number of nitrogens with zero attached hydrogens (tertiary/aromatic N) is 1. The first-order chi connectivity index (χ1) is 18.4. The molecule has 0 aromatic heterocycles. The molecule has 8 heteroatoms. The van der Waals surface area contributed by atoms with Crippen LogP contribution >= 0.6 is 39.1 Å². The zero-order valence-corrected chi connectivity index (χ0v) is 24.1. The molecule has 1 atom stereocenters. The SMILES string of the molecule is O=C(NC1CCCCC1)[C@@H](Cc1ccccc1)N(Cc1ccc(Br)cc1)C(=O)COc1ccc(Cl)cc1Cl. The van der Waals surface area contributed by atoms with Crippen molar-refractivity contribution in [3.63, 3.8) is 0 Å². The Morgan fingerprint density at radius 3 is 2.34 bits per heavy atom. The van der Waals surface area contributed by atoms with Gasteiger partial charge in [-0.3, -0.25) is 9.59 Å². The maximum Gasteiger partial charge on any atom is 0.261 e. The fraction of sp³-hybridized carbons (Fsp3) is 0.333. The minimum absolute atomic E-state index is 0.128. The Morgan fingerprint density at radius 2 is 1.66 bits per heavy atom. The second-order valence-corrected chi connectivity index (χ2v) is 11.3. The molecule has 38 heavy (non-hydrogen) atoms. The summed E-state index contributed by atoms with van der Waals surface area (Å²) < 4.78 is 6.74. The second-order valence-electron chi connectivity index (χ2n) is 9.56. The summed E-state index contributed by atoms with van der Waals surface area (Å²) >= 11 is 15.7. The van der Waals surface area contributed by atoms with Gasteiger partial charge in [0.05, 0.1) is 5.02 Å². The molecule has 1 aliphatic carbocycles. The molecule has 0 saturated heterocycles. The molecule has 0 unspecified atom stereocenters. The fourth-order valence-electron chi connectivity index (χ4n) is 4.70. The number of ether oxygens (including phenoxy) is 1. The van der Waals surface area contributed by atoms with Crippen molar-refractivity contribution >= 4 is 50.9 Å². The van der Waals surface area contributed by atoms with E-state index in [0.717, 1.165) is 41.3 Å². The van der Waals surface area contributed by atoms with E-state index in [1.807, 2.05) is 54.6 Å². The number of carbonyl (C=O) groups is 2. The minimum Gasteiger partial charge on any atom is -0.482 e. The van der Waals surface area contributed by atoms with Crippen molar-refractivity contribution in [2.24, 2.45) is 0 Å². The third-order valence-electron chi connectivity index (χ3n) is 6.73. The highest BCUT2D eigenvalue weighted by Gasteiger charge is 2.32. The molecule has 1 fully saturated rings. The molecule has 0 spiro atoms. The largest absolute Gasteiger partial charge is 0.482 e. The first-order valence-electron chi connectivity index (χ1n) is 12.8. The van der Waals surface area contributed by atoms with E-state index in [0.29, 0.717) is 22.2 Å². The van der Waals surface area contributed by atoms with Gasteiger partial charge >= 0.3 is 0 Å². The van der Waals surface area contributed by atoms with Crippen molar-refractivity contribution in [2.45, 2.75) is 57.2 Å². The van der Waals surface area contributed by atoms with Gasteiger partial charge in [0.1, 0.15) is 11.8 Å². The minimum atomic E-state index is -0.709. The molecule has 0 heterocycles. The molecule has 2 amide bonds. The van der Waals surface area contributed by atoms with Crippen LogP contribution in [-0.2, 0) is 22.6 Å². The number of nitrogens with one attached hydrogen (secondary N) is 1. The highest BCUT2D eigenvalue weighted by molar-refractivity contribution is 9.10. The monoisotopic (exact) mass is 616 g/mol. The molecule has 1 N–H and O–H groups in total. The molecular formula is C30H31BrCl2N2O3. The summed E-state index contributed by atoms with van der Waals surface area (Å²) in [6, 6.07) is 21.8. The van der Waals surface area contributed by atoms with Crippen LogP contribution in [0.3, 0.4) is 0 Å². The van der Waals surface area contributed by atoms with Crippen molar-refractivity contribution in [3.8, 4) is 5.75 Å². The normalized spacial score (nSPS) is 14.5. The Labute approximate surface area is 242 Å². The highest BCUT2D eigenvalue weighted by atomic mass is 79.9. The number of rotatable bonds is 10. The topological polar surface area (TPSA) is 58.6 Å². The van der Waals surface area contributed by atoms with Gasteiger partial charge in [-0.05, 0) is 54.3 Å². The van der Waals surface area contributed by atoms with Crippen LogP contribution in [0.1, 0.15) is 43.2 Å². The van der Waals surface area contributed by atoms with Gasteiger partial charge in [0.2, 0.25) is 5.91 Å². The average Bonchev–Trinajstić information content (AvgIpc) is 2.92. The molecule has 3 aromatic carbocycles. The van der Waals surface area contributed by atoms with Crippen molar-refractivity contribution in [1.29, 1.82) is 0 Å². The maximum absolute atomic E-state index is 13.8. The molecule has 0 radical (unpaired) electrons. The first-order valence-corrected chi connectivity index (χ1v) is 14.4. The summed E-state index contributed by atoms with van der Waals surface area (Å²) in [4.78, 5) is 29.1. The zero-order chi connectivity index (χ0) is 26.9. The number of benzene rings is 3. The predicted molar refractivity (Wildman–Crippen MR) is 156 cm³/mol. The van der Waals surface area contributed by atoms with Crippen LogP contribution in [0, 0.1) is 0 Å². The Hall–Kier alpha value is -2.54. The van der Waals surface area contributed by atoms with Crippen LogP contribution in [0.2, 0.25) is 10.0 Å².